The molecule has 1 N–H and O–H groups in total. The van der Waals surface area contributed by atoms with Crippen molar-refractivity contribution < 1.29 is 9.90 Å². The van der Waals surface area contributed by atoms with E-state index in [9.17, 15) is 9.90 Å². The molecule has 0 amide bonds. The third-order valence-corrected chi connectivity index (χ3v) is 2.21. The third kappa shape index (κ3) is 1.19. The van der Waals surface area contributed by atoms with Gasteiger partial charge in [0.25, 0.3) is 0 Å². The van der Waals surface area contributed by atoms with Gasteiger partial charge in [0, 0.05) is 16.2 Å². The predicted molar refractivity (Wildman–Crippen MR) is 45.9 cm³/mol. The van der Waals surface area contributed by atoms with Gasteiger partial charge in [0.15, 0.2) is 5.65 Å². The summed E-state index contributed by atoms with van der Waals surface area (Å²) in [7, 11) is 0. The van der Waals surface area contributed by atoms with Gasteiger partial charge < -0.3 is 14.9 Å². The van der Waals surface area contributed by atoms with Gasteiger partial charge in [-0.25, -0.2) is 9.97 Å². The molecule has 0 aliphatic carbocycles. The van der Waals surface area contributed by atoms with Crippen molar-refractivity contribution in [2.24, 2.45) is 0 Å². The number of H-pyrrole nitrogens is 1. The van der Waals surface area contributed by atoms with Crippen LogP contribution in [0.2, 0.25) is 0 Å². The SMILES string of the molecule is O=C([O-])c1c(Br)cnc2nc[nH]c12. The van der Waals surface area contributed by atoms with Gasteiger partial charge in [0.2, 0.25) is 0 Å². The van der Waals surface area contributed by atoms with Crippen LogP contribution in [0.3, 0.4) is 0 Å². The Labute approximate surface area is 80.9 Å². The van der Waals surface area contributed by atoms with Crippen LogP contribution in [0.1, 0.15) is 10.4 Å². The Morgan fingerprint density at radius 1 is 1.54 bits per heavy atom. The van der Waals surface area contributed by atoms with Gasteiger partial charge in [-0.15, -0.1) is 0 Å². The fourth-order valence-electron chi connectivity index (χ4n) is 1.07. The average Bonchev–Trinajstić information content (AvgIpc) is 2.50. The number of aromatic nitrogens is 3. The minimum absolute atomic E-state index is 0.0440. The van der Waals surface area contributed by atoms with E-state index in [1.165, 1.54) is 12.5 Å². The van der Waals surface area contributed by atoms with Crippen LogP contribution >= 0.6 is 15.9 Å². The van der Waals surface area contributed by atoms with Crippen LogP contribution < -0.4 is 5.11 Å². The topological polar surface area (TPSA) is 81.7 Å². The van der Waals surface area contributed by atoms with Crippen molar-refractivity contribution in [3.63, 3.8) is 0 Å². The Morgan fingerprint density at radius 3 is 3.00 bits per heavy atom. The maximum Gasteiger partial charge on any atom is 0.178 e. The second kappa shape index (κ2) is 2.81. The molecule has 0 aliphatic rings. The van der Waals surface area contributed by atoms with Crippen LogP contribution in [0.25, 0.3) is 11.2 Å². The largest absolute Gasteiger partial charge is 0.545 e. The van der Waals surface area contributed by atoms with E-state index in [-0.39, 0.29) is 5.56 Å². The molecule has 0 spiro atoms. The smallest absolute Gasteiger partial charge is 0.178 e. The first-order valence-electron chi connectivity index (χ1n) is 3.39. The fraction of sp³-hybridized carbons (Fsp3) is 0. The number of carbonyl (C=O) groups is 1. The van der Waals surface area contributed by atoms with Gasteiger partial charge in [0.05, 0.1) is 17.8 Å². The number of carboxylic acids is 1. The van der Waals surface area contributed by atoms with Crippen LogP contribution in [0.4, 0.5) is 0 Å². The zero-order valence-corrected chi connectivity index (χ0v) is 7.83. The quantitative estimate of drug-likeness (QED) is 0.766. The molecule has 2 aromatic rings. The normalized spacial score (nSPS) is 10.5. The number of pyridine rings is 1. The lowest BCUT2D eigenvalue weighted by molar-refractivity contribution is -0.254. The molecule has 0 aromatic carbocycles. The van der Waals surface area contributed by atoms with Gasteiger partial charge in [-0.05, 0) is 15.9 Å². The Bertz CT molecular complexity index is 480. The molecule has 0 unspecified atom stereocenters. The summed E-state index contributed by atoms with van der Waals surface area (Å²) in [6.07, 6.45) is 2.77. The van der Waals surface area contributed by atoms with E-state index in [0.29, 0.717) is 15.6 Å². The lowest BCUT2D eigenvalue weighted by Gasteiger charge is -2.04. The highest BCUT2D eigenvalue weighted by Crippen LogP contribution is 2.21. The minimum atomic E-state index is -1.26. The van der Waals surface area contributed by atoms with Crippen molar-refractivity contribution in [2.75, 3.05) is 0 Å². The summed E-state index contributed by atoms with van der Waals surface area (Å²) in [4.78, 5) is 21.1. The van der Waals surface area contributed by atoms with E-state index in [0.717, 1.165) is 0 Å². The van der Waals surface area contributed by atoms with Gasteiger partial charge in [0.1, 0.15) is 0 Å². The molecular formula is C7H3BrN3O2-. The summed E-state index contributed by atoms with van der Waals surface area (Å²) in [5.41, 5.74) is 0.777. The van der Waals surface area contributed by atoms with Crippen molar-refractivity contribution in [1.82, 2.24) is 15.0 Å². The Kier molecular flexibility index (Phi) is 1.77. The van der Waals surface area contributed by atoms with E-state index in [1.807, 2.05) is 0 Å². The van der Waals surface area contributed by atoms with Gasteiger partial charge in [-0.2, -0.15) is 0 Å². The molecular weight excluding hydrogens is 238 g/mol. The van der Waals surface area contributed by atoms with Crippen molar-refractivity contribution >= 4 is 33.1 Å². The highest BCUT2D eigenvalue weighted by atomic mass is 79.9. The number of halogens is 1. The van der Waals surface area contributed by atoms with Crippen LogP contribution in [-0.4, -0.2) is 20.9 Å². The molecule has 66 valence electrons. The molecule has 2 aromatic heterocycles. The number of nitrogens with zero attached hydrogens (tertiary/aromatic N) is 2. The van der Waals surface area contributed by atoms with E-state index in [2.05, 4.69) is 30.9 Å². The molecule has 0 atom stereocenters. The summed E-state index contributed by atoms with van der Waals surface area (Å²) < 4.78 is 0.379. The zero-order valence-electron chi connectivity index (χ0n) is 6.24. The minimum Gasteiger partial charge on any atom is -0.545 e. The van der Waals surface area contributed by atoms with E-state index < -0.39 is 5.97 Å². The highest BCUT2D eigenvalue weighted by molar-refractivity contribution is 9.10. The Balaban J connectivity index is 2.88. The summed E-state index contributed by atoms with van der Waals surface area (Å²) >= 11 is 3.07. The Hall–Kier alpha value is -1.43. The second-order valence-corrected chi connectivity index (χ2v) is 3.22. The van der Waals surface area contributed by atoms with Crippen LogP contribution in [0.15, 0.2) is 17.0 Å². The summed E-state index contributed by atoms with van der Waals surface area (Å²) in [6, 6.07) is 0. The first-order chi connectivity index (χ1) is 6.20. The van der Waals surface area contributed by atoms with Crippen LogP contribution in [-0.2, 0) is 0 Å². The van der Waals surface area contributed by atoms with Crippen molar-refractivity contribution in [3.8, 4) is 0 Å². The monoisotopic (exact) mass is 240 g/mol. The maximum atomic E-state index is 10.7. The summed E-state index contributed by atoms with van der Waals surface area (Å²) in [6.45, 7) is 0. The van der Waals surface area contributed by atoms with E-state index >= 15 is 0 Å². The zero-order chi connectivity index (χ0) is 9.42. The number of imidazole rings is 1. The highest BCUT2D eigenvalue weighted by Gasteiger charge is 2.09. The molecule has 6 heteroatoms. The van der Waals surface area contributed by atoms with E-state index in [4.69, 9.17) is 0 Å². The number of hydrogen-bond donors (Lipinski definition) is 1. The molecule has 0 radical (unpaired) electrons. The number of aromatic carboxylic acids is 1. The lowest BCUT2D eigenvalue weighted by Crippen LogP contribution is -2.23. The van der Waals surface area contributed by atoms with Crippen LogP contribution in [0, 0.1) is 0 Å². The second-order valence-electron chi connectivity index (χ2n) is 2.37. The molecule has 0 bridgehead atoms. The maximum absolute atomic E-state index is 10.7. The molecule has 0 fully saturated rings. The molecule has 13 heavy (non-hydrogen) atoms. The number of hydrogen-bond acceptors (Lipinski definition) is 4. The number of carboxylic acid groups (broad SMARTS) is 1. The van der Waals surface area contributed by atoms with Gasteiger partial charge >= 0.3 is 0 Å². The Morgan fingerprint density at radius 2 is 2.31 bits per heavy atom. The molecule has 0 saturated carbocycles. The number of carbonyl (C=O) groups excluding carboxylic acids is 1. The predicted octanol–water partition coefficient (Wildman–Crippen LogP) is 0.0839. The molecule has 0 aliphatic heterocycles. The van der Waals surface area contributed by atoms with Crippen LogP contribution in [0.5, 0.6) is 0 Å². The lowest BCUT2D eigenvalue weighted by atomic mass is 10.2. The van der Waals surface area contributed by atoms with Gasteiger partial charge in [-0.1, -0.05) is 0 Å². The first kappa shape index (κ1) is 8.18. The van der Waals surface area contributed by atoms with Crippen molar-refractivity contribution in [3.05, 3.63) is 22.6 Å². The number of aromatic amines is 1. The van der Waals surface area contributed by atoms with Gasteiger partial charge in [-0.3, -0.25) is 0 Å². The summed E-state index contributed by atoms with van der Waals surface area (Å²) in [5, 5.41) is 10.7. The standard InChI is InChI=1S/C7H4BrN3O2/c8-3-1-9-6-5(10-2-11-6)4(3)7(12)13/h1-2H,(H,12,13)(H,9,10,11)/p-1. The van der Waals surface area contributed by atoms with Crippen molar-refractivity contribution in [1.29, 1.82) is 0 Å². The van der Waals surface area contributed by atoms with E-state index in [1.54, 1.807) is 0 Å². The average molecular weight is 241 g/mol. The molecule has 0 saturated heterocycles. The molecule has 2 heterocycles. The number of fused-ring (bicyclic) bond motifs is 1. The third-order valence-electron chi connectivity index (χ3n) is 1.61. The number of rotatable bonds is 1. The van der Waals surface area contributed by atoms with Crippen molar-refractivity contribution in [2.45, 2.75) is 0 Å². The fourth-order valence-corrected chi connectivity index (χ4v) is 1.53. The summed E-state index contributed by atoms with van der Waals surface area (Å²) in [5.74, 6) is -1.26. The molecule has 5 nitrogen and oxygen atoms in total. The molecule has 2 rings (SSSR count). The first-order valence-corrected chi connectivity index (χ1v) is 4.18. The number of nitrogens with one attached hydrogen (secondary N) is 1.